The molecule has 0 saturated carbocycles. The smallest absolute Gasteiger partial charge is 0.228 e. The highest BCUT2D eigenvalue weighted by Gasteiger charge is 2.10. The molecule has 2 aromatic heterocycles. The van der Waals surface area contributed by atoms with Gasteiger partial charge in [0, 0.05) is 42.5 Å². The number of hydrogen-bond acceptors (Lipinski definition) is 5. The Bertz CT molecular complexity index is 791. The Balaban J connectivity index is 1.63. The van der Waals surface area contributed by atoms with E-state index in [1.807, 2.05) is 48.9 Å². The first kappa shape index (κ1) is 15.9. The zero-order chi connectivity index (χ0) is 16.9. The van der Waals surface area contributed by atoms with Crippen molar-refractivity contribution in [2.45, 2.75) is 26.8 Å². The van der Waals surface area contributed by atoms with E-state index < -0.39 is 0 Å². The molecule has 2 heterocycles. The van der Waals surface area contributed by atoms with Crippen molar-refractivity contribution in [2.24, 2.45) is 5.92 Å². The van der Waals surface area contributed by atoms with Gasteiger partial charge in [-0.15, -0.1) is 0 Å². The molecule has 0 fully saturated rings. The number of carbonyl (C=O) groups excluding carboxylic acids is 1. The van der Waals surface area contributed by atoms with Gasteiger partial charge in [0.1, 0.15) is 0 Å². The molecule has 24 heavy (non-hydrogen) atoms. The molecule has 0 unspecified atom stereocenters. The third-order valence-electron chi connectivity index (χ3n) is 3.55. The second-order valence-electron chi connectivity index (χ2n) is 5.78. The van der Waals surface area contributed by atoms with Gasteiger partial charge in [-0.05, 0) is 24.3 Å². The van der Waals surface area contributed by atoms with Gasteiger partial charge in [0.05, 0.1) is 6.33 Å². The maximum atomic E-state index is 11.7. The molecule has 0 aliphatic rings. The predicted molar refractivity (Wildman–Crippen MR) is 89.1 cm³/mol. The SMILES string of the molecule is CC(C)C(=O)Nc1ccc(-c2noc(CCn3ccnc3)n2)cc1. The molecule has 7 heteroatoms. The zero-order valence-electron chi connectivity index (χ0n) is 13.6. The summed E-state index contributed by atoms with van der Waals surface area (Å²) in [5, 5.41) is 6.86. The van der Waals surface area contributed by atoms with E-state index in [4.69, 9.17) is 4.52 Å². The van der Waals surface area contributed by atoms with Gasteiger partial charge in [-0.25, -0.2) is 4.98 Å². The Hall–Kier alpha value is -2.96. The van der Waals surface area contributed by atoms with E-state index >= 15 is 0 Å². The van der Waals surface area contributed by atoms with Crippen LogP contribution in [0.3, 0.4) is 0 Å². The molecule has 124 valence electrons. The van der Waals surface area contributed by atoms with Crippen LogP contribution in [0.15, 0.2) is 47.5 Å². The molecule has 0 aliphatic heterocycles. The number of nitrogens with one attached hydrogen (secondary N) is 1. The molecule has 0 radical (unpaired) electrons. The first-order chi connectivity index (χ1) is 11.6. The summed E-state index contributed by atoms with van der Waals surface area (Å²) in [7, 11) is 0. The Morgan fingerprint density at radius 1 is 1.29 bits per heavy atom. The van der Waals surface area contributed by atoms with Crippen molar-refractivity contribution in [3.05, 3.63) is 48.9 Å². The van der Waals surface area contributed by atoms with Crippen LogP contribution in [-0.4, -0.2) is 25.6 Å². The van der Waals surface area contributed by atoms with Gasteiger partial charge in [-0.2, -0.15) is 4.98 Å². The number of benzene rings is 1. The molecule has 0 spiro atoms. The molecule has 0 saturated heterocycles. The largest absolute Gasteiger partial charge is 0.339 e. The Morgan fingerprint density at radius 3 is 2.75 bits per heavy atom. The van der Waals surface area contributed by atoms with Crippen LogP contribution in [0.5, 0.6) is 0 Å². The first-order valence-corrected chi connectivity index (χ1v) is 7.81. The van der Waals surface area contributed by atoms with E-state index in [1.54, 1.807) is 12.5 Å². The highest BCUT2D eigenvalue weighted by Crippen LogP contribution is 2.19. The van der Waals surface area contributed by atoms with Gasteiger partial charge in [0.25, 0.3) is 0 Å². The number of hydrogen-bond donors (Lipinski definition) is 1. The second-order valence-corrected chi connectivity index (χ2v) is 5.78. The minimum Gasteiger partial charge on any atom is -0.339 e. The van der Waals surface area contributed by atoms with Crippen molar-refractivity contribution >= 4 is 11.6 Å². The summed E-state index contributed by atoms with van der Waals surface area (Å²) in [6.45, 7) is 4.45. The fourth-order valence-corrected chi connectivity index (χ4v) is 2.11. The minimum absolute atomic E-state index is 0.0101. The van der Waals surface area contributed by atoms with Crippen molar-refractivity contribution in [3.63, 3.8) is 0 Å². The molecule has 1 amide bonds. The van der Waals surface area contributed by atoms with E-state index in [0.717, 1.165) is 17.8 Å². The molecule has 3 aromatic rings. The lowest BCUT2D eigenvalue weighted by atomic mass is 10.1. The lowest BCUT2D eigenvalue weighted by molar-refractivity contribution is -0.118. The maximum absolute atomic E-state index is 11.7. The normalized spacial score (nSPS) is 11.0. The number of imidazole rings is 1. The third kappa shape index (κ3) is 3.87. The molecule has 3 rings (SSSR count). The quantitative estimate of drug-likeness (QED) is 0.753. The third-order valence-corrected chi connectivity index (χ3v) is 3.55. The van der Waals surface area contributed by atoms with E-state index in [-0.39, 0.29) is 11.8 Å². The van der Waals surface area contributed by atoms with Crippen LogP contribution < -0.4 is 5.32 Å². The zero-order valence-corrected chi connectivity index (χ0v) is 13.6. The average Bonchev–Trinajstić information content (AvgIpc) is 3.25. The van der Waals surface area contributed by atoms with Gasteiger partial charge in [0.15, 0.2) is 0 Å². The van der Waals surface area contributed by atoms with Gasteiger partial charge < -0.3 is 14.4 Å². The lowest BCUT2D eigenvalue weighted by Gasteiger charge is -2.07. The fraction of sp³-hybridized carbons (Fsp3) is 0.294. The Morgan fingerprint density at radius 2 is 2.08 bits per heavy atom. The molecular formula is C17H19N5O2. The summed E-state index contributed by atoms with van der Waals surface area (Å²) >= 11 is 0. The number of amides is 1. The van der Waals surface area contributed by atoms with Gasteiger partial charge in [0.2, 0.25) is 17.6 Å². The molecule has 7 nitrogen and oxygen atoms in total. The Labute approximate surface area is 139 Å². The van der Waals surface area contributed by atoms with Crippen LogP contribution in [0.1, 0.15) is 19.7 Å². The highest BCUT2D eigenvalue weighted by atomic mass is 16.5. The van der Waals surface area contributed by atoms with Crippen LogP contribution in [0.4, 0.5) is 5.69 Å². The standard InChI is InChI=1S/C17H19N5O2/c1-12(2)17(23)19-14-5-3-13(4-6-14)16-20-15(24-21-16)7-9-22-10-8-18-11-22/h3-6,8,10-12H,7,9H2,1-2H3,(H,19,23). The number of aromatic nitrogens is 4. The van der Waals surface area contributed by atoms with Crippen LogP contribution in [0, 0.1) is 5.92 Å². The van der Waals surface area contributed by atoms with Gasteiger partial charge in [-0.3, -0.25) is 4.79 Å². The van der Waals surface area contributed by atoms with E-state index in [1.165, 1.54) is 0 Å². The summed E-state index contributed by atoms with van der Waals surface area (Å²) in [6.07, 6.45) is 6.02. The minimum atomic E-state index is -0.0556. The van der Waals surface area contributed by atoms with Gasteiger partial charge in [-0.1, -0.05) is 19.0 Å². The van der Waals surface area contributed by atoms with Crippen LogP contribution in [-0.2, 0) is 17.8 Å². The first-order valence-electron chi connectivity index (χ1n) is 7.81. The number of nitrogens with zero attached hydrogens (tertiary/aromatic N) is 4. The van der Waals surface area contributed by atoms with Crippen LogP contribution >= 0.6 is 0 Å². The number of anilines is 1. The number of aryl methyl sites for hydroxylation is 2. The topological polar surface area (TPSA) is 85.8 Å². The summed E-state index contributed by atoms with van der Waals surface area (Å²) in [6, 6.07) is 7.38. The molecule has 0 atom stereocenters. The fourth-order valence-electron chi connectivity index (χ4n) is 2.11. The van der Waals surface area contributed by atoms with Crippen LogP contribution in [0.2, 0.25) is 0 Å². The number of rotatable bonds is 6. The van der Waals surface area contributed by atoms with Crippen LogP contribution in [0.25, 0.3) is 11.4 Å². The predicted octanol–water partition coefficient (Wildman–Crippen LogP) is 2.77. The molecule has 0 aliphatic carbocycles. The average molecular weight is 325 g/mol. The monoisotopic (exact) mass is 325 g/mol. The van der Waals surface area contributed by atoms with E-state index in [2.05, 4.69) is 20.4 Å². The van der Waals surface area contributed by atoms with Crippen molar-refractivity contribution in [1.82, 2.24) is 19.7 Å². The van der Waals surface area contributed by atoms with E-state index in [9.17, 15) is 4.79 Å². The van der Waals surface area contributed by atoms with Crippen molar-refractivity contribution in [1.29, 1.82) is 0 Å². The Kier molecular flexibility index (Phi) is 4.69. The van der Waals surface area contributed by atoms with Gasteiger partial charge >= 0.3 is 0 Å². The molecule has 0 bridgehead atoms. The maximum Gasteiger partial charge on any atom is 0.228 e. The highest BCUT2D eigenvalue weighted by molar-refractivity contribution is 5.92. The second kappa shape index (κ2) is 7.08. The van der Waals surface area contributed by atoms with Crippen molar-refractivity contribution < 1.29 is 9.32 Å². The lowest BCUT2D eigenvalue weighted by Crippen LogP contribution is -2.17. The summed E-state index contributed by atoms with van der Waals surface area (Å²) in [5.74, 6) is 1.05. The molecule has 1 aromatic carbocycles. The molecular weight excluding hydrogens is 306 g/mol. The van der Waals surface area contributed by atoms with Crippen molar-refractivity contribution in [3.8, 4) is 11.4 Å². The van der Waals surface area contributed by atoms with Crippen molar-refractivity contribution in [2.75, 3.05) is 5.32 Å². The molecule has 1 N–H and O–H groups in total. The summed E-state index contributed by atoms with van der Waals surface area (Å²) in [5.41, 5.74) is 1.59. The summed E-state index contributed by atoms with van der Waals surface area (Å²) in [4.78, 5) is 20.1. The number of carbonyl (C=O) groups is 1. The van der Waals surface area contributed by atoms with E-state index in [0.29, 0.717) is 18.1 Å². The summed E-state index contributed by atoms with van der Waals surface area (Å²) < 4.78 is 7.23.